The minimum atomic E-state index is -0.933. The summed E-state index contributed by atoms with van der Waals surface area (Å²) >= 11 is 0. The Hall–Kier alpha value is -1.06. The van der Waals surface area contributed by atoms with Crippen LogP contribution in [0.15, 0.2) is 0 Å². The molecular weight excluding hydrogens is 242 g/mol. The minimum absolute atomic E-state index is 0.00940. The second-order valence-corrected chi connectivity index (χ2v) is 5.94. The second-order valence-electron chi connectivity index (χ2n) is 5.94. The molecule has 0 radical (unpaired) electrons. The highest BCUT2D eigenvalue weighted by atomic mass is 16.4. The molecule has 1 unspecified atom stereocenters. The lowest BCUT2D eigenvalue weighted by Crippen LogP contribution is -2.44. The molecule has 19 heavy (non-hydrogen) atoms. The zero-order chi connectivity index (χ0) is 14.4. The number of nitrogens with zero attached hydrogens (tertiary/aromatic N) is 1. The number of carbonyl (C=O) groups is 2. The van der Waals surface area contributed by atoms with E-state index in [1.807, 2.05) is 20.8 Å². The first-order valence-corrected chi connectivity index (χ1v) is 7.48. The van der Waals surface area contributed by atoms with Crippen molar-refractivity contribution < 1.29 is 14.7 Å². The molecular formula is C15H27NO3. The van der Waals surface area contributed by atoms with Crippen LogP contribution in [0, 0.1) is 11.8 Å². The van der Waals surface area contributed by atoms with Crippen LogP contribution in [-0.4, -0.2) is 34.5 Å². The van der Waals surface area contributed by atoms with Crippen molar-refractivity contribution in [3.05, 3.63) is 0 Å². The third-order valence-corrected chi connectivity index (χ3v) is 4.15. The van der Waals surface area contributed by atoms with Crippen molar-refractivity contribution in [1.29, 1.82) is 0 Å². The van der Waals surface area contributed by atoms with E-state index in [1.54, 1.807) is 0 Å². The van der Waals surface area contributed by atoms with E-state index in [4.69, 9.17) is 5.11 Å². The average molecular weight is 269 g/mol. The van der Waals surface area contributed by atoms with E-state index in [0.29, 0.717) is 5.92 Å². The second kappa shape index (κ2) is 7.51. The maximum absolute atomic E-state index is 12.5. The number of amides is 1. The summed E-state index contributed by atoms with van der Waals surface area (Å²) in [5, 5.41) is 8.93. The van der Waals surface area contributed by atoms with E-state index >= 15 is 0 Å². The summed E-state index contributed by atoms with van der Waals surface area (Å²) in [7, 11) is 0. The normalized spacial score (nSPS) is 17.7. The van der Waals surface area contributed by atoms with Crippen LogP contribution < -0.4 is 0 Å². The number of carboxylic acids is 1. The molecule has 4 heteroatoms. The number of hydrogen-bond acceptors (Lipinski definition) is 2. The van der Waals surface area contributed by atoms with Crippen molar-refractivity contribution in [3.63, 3.8) is 0 Å². The first-order chi connectivity index (χ1) is 8.95. The molecule has 0 spiro atoms. The van der Waals surface area contributed by atoms with Gasteiger partial charge in [0.25, 0.3) is 0 Å². The standard InChI is InChI=1S/C15H27NO3/c1-4-13(9-12-7-5-6-8-12)15(19)16(11(2)3)10-14(17)18/h11-13H,4-10H2,1-3H3,(H,17,18). The van der Waals surface area contributed by atoms with Gasteiger partial charge in [0.1, 0.15) is 6.54 Å². The molecule has 0 aromatic carbocycles. The Morgan fingerprint density at radius 3 is 2.26 bits per heavy atom. The Bertz CT molecular complexity index is 309. The highest BCUT2D eigenvalue weighted by molar-refractivity contribution is 5.83. The van der Waals surface area contributed by atoms with Gasteiger partial charge in [0.2, 0.25) is 5.91 Å². The van der Waals surface area contributed by atoms with Crippen LogP contribution in [0.1, 0.15) is 59.3 Å². The van der Waals surface area contributed by atoms with Crippen molar-refractivity contribution >= 4 is 11.9 Å². The lowest BCUT2D eigenvalue weighted by Gasteiger charge is -2.30. The number of rotatable bonds is 7. The van der Waals surface area contributed by atoms with Gasteiger partial charge in [-0.1, -0.05) is 32.6 Å². The molecule has 0 aromatic heterocycles. The molecule has 0 saturated heterocycles. The van der Waals surface area contributed by atoms with Crippen LogP contribution in [0.25, 0.3) is 0 Å². The molecule has 1 atom stereocenters. The zero-order valence-corrected chi connectivity index (χ0v) is 12.4. The smallest absolute Gasteiger partial charge is 0.323 e. The van der Waals surface area contributed by atoms with Crippen molar-refractivity contribution in [2.75, 3.05) is 6.54 Å². The summed E-state index contributed by atoms with van der Waals surface area (Å²) in [4.78, 5) is 24.9. The summed E-state index contributed by atoms with van der Waals surface area (Å²) in [5.74, 6) is -0.262. The third kappa shape index (κ3) is 4.84. The highest BCUT2D eigenvalue weighted by Crippen LogP contribution is 2.32. The van der Waals surface area contributed by atoms with Crippen LogP contribution in [0.5, 0.6) is 0 Å². The molecule has 110 valence electrons. The molecule has 1 saturated carbocycles. The van der Waals surface area contributed by atoms with Crippen LogP contribution in [0.4, 0.5) is 0 Å². The van der Waals surface area contributed by atoms with Crippen molar-refractivity contribution in [3.8, 4) is 0 Å². The van der Waals surface area contributed by atoms with Gasteiger partial charge in [-0.15, -0.1) is 0 Å². The van der Waals surface area contributed by atoms with E-state index in [9.17, 15) is 9.59 Å². The molecule has 4 nitrogen and oxygen atoms in total. The molecule has 1 aliphatic carbocycles. The van der Waals surface area contributed by atoms with Crippen LogP contribution in [0.2, 0.25) is 0 Å². The Morgan fingerprint density at radius 1 is 1.26 bits per heavy atom. The largest absolute Gasteiger partial charge is 0.480 e. The zero-order valence-electron chi connectivity index (χ0n) is 12.4. The van der Waals surface area contributed by atoms with Crippen molar-refractivity contribution in [1.82, 2.24) is 4.90 Å². The summed E-state index contributed by atoms with van der Waals surface area (Å²) < 4.78 is 0. The average Bonchev–Trinajstić information content (AvgIpc) is 2.84. The van der Waals surface area contributed by atoms with Gasteiger partial charge in [0.05, 0.1) is 0 Å². The Balaban J connectivity index is 2.65. The lowest BCUT2D eigenvalue weighted by molar-refractivity contribution is -0.148. The Kier molecular flexibility index (Phi) is 6.32. The first-order valence-electron chi connectivity index (χ1n) is 7.48. The molecule has 1 aliphatic rings. The molecule has 0 bridgehead atoms. The molecule has 0 aliphatic heterocycles. The molecule has 1 fully saturated rings. The molecule has 1 rings (SSSR count). The fourth-order valence-electron chi connectivity index (χ4n) is 2.99. The lowest BCUT2D eigenvalue weighted by atomic mass is 9.90. The predicted octanol–water partition coefficient (Wildman–Crippen LogP) is 2.91. The van der Waals surface area contributed by atoms with Crippen LogP contribution in [0.3, 0.4) is 0 Å². The van der Waals surface area contributed by atoms with E-state index < -0.39 is 5.97 Å². The topological polar surface area (TPSA) is 57.6 Å². The monoisotopic (exact) mass is 269 g/mol. The first kappa shape index (κ1) is 16.0. The molecule has 0 aromatic rings. The van der Waals surface area contributed by atoms with Crippen molar-refractivity contribution in [2.24, 2.45) is 11.8 Å². The molecule has 1 N–H and O–H groups in total. The van der Waals surface area contributed by atoms with E-state index in [0.717, 1.165) is 12.8 Å². The molecule has 0 heterocycles. The number of aliphatic carboxylic acids is 1. The van der Waals surface area contributed by atoms with E-state index in [1.165, 1.54) is 30.6 Å². The van der Waals surface area contributed by atoms with Gasteiger partial charge in [0.15, 0.2) is 0 Å². The quantitative estimate of drug-likeness (QED) is 0.773. The fraction of sp³-hybridized carbons (Fsp3) is 0.867. The van der Waals surface area contributed by atoms with Gasteiger partial charge in [-0.05, 0) is 32.6 Å². The third-order valence-electron chi connectivity index (χ3n) is 4.15. The Morgan fingerprint density at radius 2 is 1.84 bits per heavy atom. The number of carboxylic acid groups (broad SMARTS) is 1. The highest BCUT2D eigenvalue weighted by Gasteiger charge is 2.29. The summed E-state index contributed by atoms with van der Waals surface area (Å²) in [5.41, 5.74) is 0. The van der Waals surface area contributed by atoms with Crippen molar-refractivity contribution in [2.45, 2.75) is 65.3 Å². The van der Waals surface area contributed by atoms with Gasteiger partial charge < -0.3 is 10.0 Å². The van der Waals surface area contributed by atoms with Gasteiger partial charge >= 0.3 is 5.97 Å². The van der Waals surface area contributed by atoms with Crippen LogP contribution in [-0.2, 0) is 9.59 Å². The molecule has 1 amide bonds. The SMILES string of the molecule is CCC(CC1CCCC1)C(=O)N(CC(=O)O)C(C)C. The number of carbonyl (C=O) groups excluding carboxylic acids is 1. The maximum atomic E-state index is 12.5. The van der Waals surface area contributed by atoms with Gasteiger partial charge in [-0.25, -0.2) is 0 Å². The Labute approximate surface area is 116 Å². The van der Waals surface area contributed by atoms with Gasteiger partial charge in [0, 0.05) is 12.0 Å². The summed E-state index contributed by atoms with van der Waals surface area (Å²) in [6, 6.07) is -0.0544. The van der Waals surface area contributed by atoms with E-state index in [-0.39, 0.29) is 24.4 Å². The predicted molar refractivity (Wildman–Crippen MR) is 74.8 cm³/mol. The van der Waals surface area contributed by atoms with Gasteiger partial charge in [-0.3, -0.25) is 9.59 Å². The minimum Gasteiger partial charge on any atom is -0.480 e. The number of hydrogen-bond donors (Lipinski definition) is 1. The van der Waals surface area contributed by atoms with Crippen LogP contribution >= 0.6 is 0 Å². The summed E-state index contributed by atoms with van der Waals surface area (Å²) in [6.45, 7) is 5.60. The van der Waals surface area contributed by atoms with E-state index in [2.05, 4.69) is 0 Å². The maximum Gasteiger partial charge on any atom is 0.323 e. The van der Waals surface area contributed by atoms with Gasteiger partial charge in [-0.2, -0.15) is 0 Å². The fourth-order valence-corrected chi connectivity index (χ4v) is 2.99. The summed E-state index contributed by atoms with van der Waals surface area (Å²) in [6.07, 6.45) is 6.74.